The van der Waals surface area contributed by atoms with Gasteiger partial charge in [-0.05, 0) is 42.5 Å². The zero-order valence-corrected chi connectivity index (χ0v) is 12.5. The molecule has 0 aromatic carbocycles. The minimum Gasteiger partial charge on any atom is -0.356 e. The highest BCUT2D eigenvalue weighted by Crippen LogP contribution is 2.24. The molecule has 3 nitrogen and oxygen atoms in total. The zero-order chi connectivity index (χ0) is 13.7. The molecule has 1 aromatic rings. The van der Waals surface area contributed by atoms with Crippen molar-refractivity contribution in [2.75, 3.05) is 24.5 Å². The van der Waals surface area contributed by atoms with Crippen molar-refractivity contribution in [2.45, 2.75) is 40.2 Å². The maximum Gasteiger partial charge on any atom is 0.128 e. The first-order valence-corrected chi connectivity index (χ1v) is 7.59. The molecule has 1 unspecified atom stereocenters. The van der Waals surface area contributed by atoms with Gasteiger partial charge in [0.05, 0.1) is 0 Å². The van der Waals surface area contributed by atoms with Crippen LogP contribution < -0.4 is 10.2 Å². The van der Waals surface area contributed by atoms with E-state index in [0.29, 0.717) is 5.92 Å². The summed E-state index contributed by atoms with van der Waals surface area (Å²) in [5.74, 6) is 2.70. The molecule has 0 aliphatic carbocycles. The Labute approximate surface area is 117 Å². The fourth-order valence-corrected chi connectivity index (χ4v) is 2.62. The van der Waals surface area contributed by atoms with Gasteiger partial charge < -0.3 is 10.2 Å². The molecular formula is C16H27N3. The summed E-state index contributed by atoms with van der Waals surface area (Å²) < 4.78 is 0. The van der Waals surface area contributed by atoms with Crippen LogP contribution in [0.15, 0.2) is 18.3 Å². The molecular weight excluding hydrogens is 234 g/mol. The molecule has 1 aromatic heterocycles. The number of nitrogens with one attached hydrogen (secondary N) is 1. The number of nitrogens with zero attached hydrogens (tertiary/aromatic N) is 2. The van der Waals surface area contributed by atoms with Gasteiger partial charge in [-0.2, -0.15) is 0 Å². The second kappa shape index (κ2) is 6.90. The van der Waals surface area contributed by atoms with Crippen LogP contribution >= 0.6 is 0 Å². The molecule has 0 amide bonds. The minimum absolute atomic E-state index is 0.699. The van der Waals surface area contributed by atoms with Crippen molar-refractivity contribution in [3.8, 4) is 0 Å². The highest BCUT2D eigenvalue weighted by Gasteiger charge is 2.21. The first kappa shape index (κ1) is 14.3. The van der Waals surface area contributed by atoms with Crippen molar-refractivity contribution in [3.63, 3.8) is 0 Å². The van der Waals surface area contributed by atoms with Gasteiger partial charge in [0.25, 0.3) is 0 Å². The molecule has 106 valence electrons. The first-order chi connectivity index (χ1) is 9.19. The minimum atomic E-state index is 0.699. The van der Waals surface area contributed by atoms with E-state index in [1.807, 2.05) is 6.20 Å². The fourth-order valence-electron chi connectivity index (χ4n) is 2.62. The predicted molar refractivity (Wildman–Crippen MR) is 81.4 cm³/mol. The average molecular weight is 261 g/mol. The third-order valence-corrected chi connectivity index (χ3v) is 3.88. The molecule has 1 saturated heterocycles. The van der Waals surface area contributed by atoms with Crippen molar-refractivity contribution in [1.29, 1.82) is 0 Å². The van der Waals surface area contributed by atoms with Gasteiger partial charge in [-0.25, -0.2) is 4.98 Å². The molecule has 1 fully saturated rings. The summed E-state index contributed by atoms with van der Waals surface area (Å²) in [7, 11) is 0. The maximum absolute atomic E-state index is 4.53. The van der Waals surface area contributed by atoms with Gasteiger partial charge in [0.1, 0.15) is 5.82 Å². The molecule has 3 heteroatoms. The van der Waals surface area contributed by atoms with E-state index >= 15 is 0 Å². The van der Waals surface area contributed by atoms with E-state index < -0.39 is 0 Å². The number of pyridine rings is 1. The van der Waals surface area contributed by atoms with Crippen molar-refractivity contribution < 1.29 is 0 Å². The molecule has 19 heavy (non-hydrogen) atoms. The van der Waals surface area contributed by atoms with E-state index in [0.717, 1.165) is 31.4 Å². The highest BCUT2D eigenvalue weighted by atomic mass is 15.2. The van der Waals surface area contributed by atoms with Crippen LogP contribution in [0.2, 0.25) is 0 Å². The quantitative estimate of drug-likeness (QED) is 0.853. The lowest BCUT2D eigenvalue weighted by Crippen LogP contribution is -2.22. The second-order valence-corrected chi connectivity index (χ2v) is 6.06. The van der Waals surface area contributed by atoms with Crippen LogP contribution in [0, 0.1) is 11.8 Å². The monoisotopic (exact) mass is 261 g/mol. The standard InChI is InChI=1S/C16H27N3/c1-4-14-6-8-19(12-14)16-9-15(5-7-18-16)11-17-10-13(2)3/h5,7,9,13-14,17H,4,6,8,10-12H2,1-3H3. The Morgan fingerprint density at radius 1 is 1.47 bits per heavy atom. The largest absolute Gasteiger partial charge is 0.356 e. The molecule has 1 aliphatic rings. The predicted octanol–water partition coefficient (Wildman–Crippen LogP) is 3.06. The van der Waals surface area contributed by atoms with E-state index in [2.05, 4.69) is 48.1 Å². The Bertz CT molecular complexity index is 389. The Kier molecular flexibility index (Phi) is 5.20. The van der Waals surface area contributed by atoms with E-state index in [1.54, 1.807) is 0 Å². The van der Waals surface area contributed by atoms with Crippen LogP contribution in [0.4, 0.5) is 5.82 Å². The molecule has 2 rings (SSSR count). The van der Waals surface area contributed by atoms with Crippen LogP contribution in [0.5, 0.6) is 0 Å². The lowest BCUT2D eigenvalue weighted by Gasteiger charge is -2.18. The SMILES string of the molecule is CCC1CCN(c2cc(CNCC(C)C)ccn2)C1. The summed E-state index contributed by atoms with van der Waals surface area (Å²) in [5.41, 5.74) is 1.34. The number of hydrogen-bond acceptors (Lipinski definition) is 3. The average Bonchev–Trinajstić information content (AvgIpc) is 2.87. The Hall–Kier alpha value is -1.09. The maximum atomic E-state index is 4.53. The molecule has 1 N–H and O–H groups in total. The lowest BCUT2D eigenvalue weighted by atomic mass is 10.1. The van der Waals surface area contributed by atoms with Crippen molar-refractivity contribution in [1.82, 2.24) is 10.3 Å². The molecule has 0 saturated carbocycles. The summed E-state index contributed by atoms with van der Waals surface area (Å²) in [6.45, 7) is 11.1. The number of hydrogen-bond donors (Lipinski definition) is 1. The van der Waals surface area contributed by atoms with Gasteiger partial charge in [-0.1, -0.05) is 27.2 Å². The zero-order valence-electron chi connectivity index (χ0n) is 12.5. The smallest absolute Gasteiger partial charge is 0.128 e. The molecule has 0 radical (unpaired) electrons. The summed E-state index contributed by atoms with van der Waals surface area (Å²) in [5, 5.41) is 3.49. The Balaban J connectivity index is 1.92. The van der Waals surface area contributed by atoms with Gasteiger partial charge in [-0.15, -0.1) is 0 Å². The molecule has 1 aliphatic heterocycles. The fraction of sp³-hybridized carbons (Fsp3) is 0.688. The number of rotatable bonds is 6. The Morgan fingerprint density at radius 2 is 2.32 bits per heavy atom. The van der Waals surface area contributed by atoms with Crippen LogP contribution in [-0.2, 0) is 6.54 Å². The number of aromatic nitrogens is 1. The van der Waals surface area contributed by atoms with E-state index in [1.165, 1.54) is 24.9 Å². The van der Waals surface area contributed by atoms with Crippen LogP contribution in [0.3, 0.4) is 0 Å². The summed E-state index contributed by atoms with van der Waals surface area (Å²) >= 11 is 0. The first-order valence-electron chi connectivity index (χ1n) is 7.59. The third-order valence-electron chi connectivity index (χ3n) is 3.88. The summed E-state index contributed by atoms with van der Waals surface area (Å²) in [6, 6.07) is 4.36. The van der Waals surface area contributed by atoms with E-state index in [9.17, 15) is 0 Å². The van der Waals surface area contributed by atoms with Crippen LogP contribution in [0.1, 0.15) is 39.2 Å². The highest BCUT2D eigenvalue weighted by molar-refractivity contribution is 5.42. The molecule has 0 bridgehead atoms. The normalized spacial score (nSPS) is 19.4. The van der Waals surface area contributed by atoms with Gasteiger partial charge >= 0.3 is 0 Å². The number of anilines is 1. The summed E-state index contributed by atoms with van der Waals surface area (Å²) in [6.07, 6.45) is 4.54. The summed E-state index contributed by atoms with van der Waals surface area (Å²) in [4.78, 5) is 6.96. The third kappa shape index (κ3) is 4.20. The van der Waals surface area contributed by atoms with Gasteiger partial charge in [0, 0.05) is 25.8 Å². The molecule has 2 heterocycles. The van der Waals surface area contributed by atoms with Crippen LogP contribution in [-0.4, -0.2) is 24.6 Å². The molecule has 1 atom stereocenters. The van der Waals surface area contributed by atoms with Gasteiger partial charge in [0.15, 0.2) is 0 Å². The Morgan fingerprint density at radius 3 is 3.00 bits per heavy atom. The topological polar surface area (TPSA) is 28.2 Å². The van der Waals surface area contributed by atoms with Crippen molar-refractivity contribution >= 4 is 5.82 Å². The lowest BCUT2D eigenvalue weighted by molar-refractivity contribution is 0.552. The van der Waals surface area contributed by atoms with E-state index in [-0.39, 0.29) is 0 Å². The van der Waals surface area contributed by atoms with Crippen LogP contribution in [0.25, 0.3) is 0 Å². The van der Waals surface area contributed by atoms with Crippen molar-refractivity contribution in [3.05, 3.63) is 23.9 Å². The second-order valence-electron chi connectivity index (χ2n) is 6.06. The van der Waals surface area contributed by atoms with E-state index in [4.69, 9.17) is 0 Å². The molecule has 0 spiro atoms. The van der Waals surface area contributed by atoms with Gasteiger partial charge in [0.2, 0.25) is 0 Å². The van der Waals surface area contributed by atoms with Crippen molar-refractivity contribution in [2.24, 2.45) is 11.8 Å². The van der Waals surface area contributed by atoms with Gasteiger partial charge in [-0.3, -0.25) is 0 Å².